The lowest BCUT2D eigenvalue weighted by Gasteiger charge is -2.03. The summed E-state index contributed by atoms with van der Waals surface area (Å²) in [4.78, 5) is 0. The molecule has 0 aliphatic heterocycles. The van der Waals surface area contributed by atoms with E-state index in [9.17, 15) is 0 Å². The molecule has 0 aliphatic carbocycles. The van der Waals surface area contributed by atoms with Crippen molar-refractivity contribution in [3.8, 4) is 0 Å². The number of nitrogens with zero attached hydrogens (tertiary/aromatic N) is 2. The SMILES string of the molecule is CCC/C(=N\N=C(/C)CC)c1ccccc1. The van der Waals surface area contributed by atoms with E-state index < -0.39 is 0 Å². The largest absolute Gasteiger partial charge is 0.160 e. The minimum Gasteiger partial charge on any atom is -0.160 e. The maximum absolute atomic E-state index is 4.36. The molecule has 0 aliphatic rings. The first kappa shape index (κ1) is 12.6. The van der Waals surface area contributed by atoms with E-state index in [4.69, 9.17) is 0 Å². The molecule has 86 valence electrons. The summed E-state index contributed by atoms with van der Waals surface area (Å²) in [6.07, 6.45) is 3.02. The Kier molecular flexibility index (Phi) is 5.48. The van der Waals surface area contributed by atoms with Crippen LogP contribution in [-0.4, -0.2) is 11.4 Å². The molecule has 0 unspecified atom stereocenters. The lowest BCUT2D eigenvalue weighted by molar-refractivity contribution is 0.980. The van der Waals surface area contributed by atoms with Crippen LogP contribution in [-0.2, 0) is 0 Å². The van der Waals surface area contributed by atoms with Crippen molar-refractivity contribution in [1.29, 1.82) is 0 Å². The Balaban J connectivity index is 2.91. The molecule has 0 bridgehead atoms. The van der Waals surface area contributed by atoms with E-state index in [1.54, 1.807) is 0 Å². The van der Waals surface area contributed by atoms with Crippen LogP contribution in [0.25, 0.3) is 0 Å². The van der Waals surface area contributed by atoms with Gasteiger partial charge in [0.05, 0.1) is 5.71 Å². The van der Waals surface area contributed by atoms with Crippen molar-refractivity contribution in [3.05, 3.63) is 35.9 Å². The van der Waals surface area contributed by atoms with Crippen molar-refractivity contribution < 1.29 is 0 Å². The number of rotatable bonds is 5. The second kappa shape index (κ2) is 6.94. The van der Waals surface area contributed by atoms with E-state index in [-0.39, 0.29) is 0 Å². The Morgan fingerprint density at radius 2 is 1.75 bits per heavy atom. The number of hydrogen-bond donors (Lipinski definition) is 0. The summed E-state index contributed by atoms with van der Waals surface area (Å²) in [7, 11) is 0. The average molecular weight is 216 g/mol. The summed E-state index contributed by atoms with van der Waals surface area (Å²) in [5, 5.41) is 8.60. The fraction of sp³-hybridized carbons (Fsp3) is 0.429. The highest BCUT2D eigenvalue weighted by atomic mass is 15.2. The van der Waals surface area contributed by atoms with Crippen LogP contribution in [0, 0.1) is 0 Å². The molecule has 2 nitrogen and oxygen atoms in total. The average Bonchev–Trinajstić information content (AvgIpc) is 2.35. The van der Waals surface area contributed by atoms with E-state index in [0.717, 1.165) is 30.7 Å². The highest BCUT2D eigenvalue weighted by Gasteiger charge is 2.01. The zero-order chi connectivity index (χ0) is 11.8. The van der Waals surface area contributed by atoms with Crippen LogP contribution in [0.5, 0.6) is 0 Å². The van der Waals surface area contributed by atoms with E-state index >= 15 is 0 Å². The van der Waals surface area contributed by atoms with Gasteiger partial charge in [0, 0.05) is 5.71 Å². The Labute approximate surface area is 98.1 Å². The van der Waals surface area contributed by atoms with Gasteiger partial charge in [0.15, 0.2) is 0 Å². The first-order valence-electron chi connectivity index (χ1n) is 5.93. The van der Waals surface area contributed by atoms with Gasteiger partial charge in [-0.05, 0) is 25.3 Å². The molecule has 0 aromatic heterocycles. The van der Waals surface area contributed by atoms with Gasteiger partial charge in [0.1, 0.15) is 0 Å². The highest BCUT2D eigenvalue weighted by Crippen LogP contribution is 2.07. The normalized spacial score (nSPS) is 12.9. The maximum atomic E-state index is 4.36. The molecule has 0 amide bonds. The maximum Gasteiger partial charge on any atom is 0.0702 e. The third-order valence-corrected chi connectivity index (χ3v) is 2.45. The predicted octanol–water partition coefficient (Wildman–Crippen LogP) is 4.06. The van der Waals surface area contributed by atoms with Crippen LogP contribution >= 0.6 is 0 Å². The standard InChI is InChI=1S/C14H20N2/c1-4-9-14(16-15-12(3)5-2)13-10-7-6-8-11-13/h6-8,10-11H,4-5,9H2,1-3H3/b15-12+,16-14+. The van der Waals surface area contributed by atoms with Crippen molar-refractivity contribution in [3.63, 3.8) is 0 Å². The minimum atomic E-state index is 0.956. The van der Waals surface area contributed by atoms with Crippen molar-refractivity contribution >= 4 is 11.4 Å². The van der Waals surface area contributed by atoms with Gasteiger partial charge < -0.3 is 0 Å². The van der Waals surface area contributed by atoms with Crippen LogP contribution in [0.1, 0.15) is 45.6 Å². The molecule has 0 saturated heterocycles. The summed E-state index contributed by atoms with van der Waals surface area (Å²) in [6, 6.07) is 10.3. The predicted molar refractivity (Wildman–Crippen MR) is 71.3 cm³/mol. The third kappa shape index (κ3) is 3.97. The fourth-order valence-corrected chi connectivity index (χ4v) is 1.34. The molecule has 1 rings (SSSR count). The second-order valence-electron chi connectivity index (χ2n) is 3.85. The Bertz CT molecular complexity index is 364. The van der Waals surface area contributed by atoms with Gasteiger partial charge in [-0.2, -0.15) is 10.2 Å². The third-order valence-electron chi connectivity index (χ3n) is 2.45. The molecule has 0 N–H and O–H groups in total. The van der Waals surface area contributed by atoms with Crippen molar-refractivity contribution in [1.82, 2.24) is 0 Å². The smallest absolute Gasteiger partial charge is 0.0702 e. The number of benzene rings is 1. The zero-order valence-corrected chi connectivity index (χ0v) is 10.4. The van der Waals surface area contributed by atoms with Gasteiger partial charge in [-0.3, -0.25) is 0 Å². The Morgan fingerprint density at radius 1 is 1.06 bits per heavy atom. The van der Waals surface area contributed by atoms with Gasteiger partial charge in [0.25, 0.3) is 0 Å². The molecule has 0 fully saturated rings. The van der Waals surface area contributed by atoms with Crippen LogP contribution in [0.3, 0.4) is 0 Å². The summed E-state index contributed by atoms with van der Waals surface area (Å²) in [6.45, 7) is 6.27. The highest BCUT2D eigenvalue weighted by molar-refractivity contribution is 6.00. The Morgan fingerprint density at radius 3 is 2.31 bits per heavy atom. The van der Waals surface area contributed by atoms with Crippen LogP contribution in [0.4, 0.5) is 0 Å². The molecule has 0 heterocycles. The minimum absolute atomic E-state index is 0.956. The van der Waals surface area contributed by atoms with Crippen LogP contribution < -0.4 is 0 Å². The molecule has 0 spiro atoms. The number of hydrogen-bond acceptors (Lipinski definition) is 2. The van der Waals surface area contributed by atoms with Crippen molar-refractivity contribution in [2.45, 2.75) is 40.0 Å². The summed E-state index contributed by atoms with van der Waals surface area (Å²) in [5.74, 6) is 0. The summed E-state index contributed by atoms with van der Waals surface area (Å²) < 4.78 is 0. The molecule has 2 heteroatoms. The van der Waals surface area contributed by atoms with Crippen molar-refractivity contribution in [2.24, 2.45) is 10.2 Å². The quantitative estimate of drug-likeness (QED) is 0.524. The Hall–Kier alpha value is -1.44. The van der Waals surface area contributed by atoms with Gasteiger partial charge in [-0.25, -0.2) is 0 Å². The molecule has 0 atom stereocenters. The summed E-state index contributed by atoms with van der Waals surface area (Å²) in [5.41, 5.74) is 3.33. The molecular formula is C14H20N2. The van der Waals surface area contributed by atoms with Gasteiger partial charge in [-0.1, -0.05) is 50.6 Å². The lowest BCUT2D eigenvalue weighted by Crippen LogP contribution is -2.00. The molecule has 0 radical (unpaired) electrons. The monoisotopic (exact) mass is 216 g/mol. The second-order valence-corrected chi connectivity index (χ2v) is 3.85. The zero-order valence-electron chi connectivity index (χ0n) is 10.4. The van der Waals surface area contributed by atoms with Gasteiger partial charge >= 0.3 is 0 Å². The fourth-order valence-electron chi connectivity index (χ4n) is 1.34. The van der Waals surface area contributed by atoms with E-state index in [0.29, 0.717) is 0 Å². The topological polar surface area (TPSA) is 24.7 Å². The van der Waals surface area contributed by atoms with Gasteiger partial charge in [-0.15, -0.1) is 0 Å². The molecular weight excluding hydrogens is 196 g/mol. The van der Waals surface area contributed by atoms with E-state index in [2.05, 4.69) is 36.2 Å². The molecule has 16 heavy (non-hydrogen) atoms. The van der Waals surface area contributed by atoms with Crippen LogP contribution in [0.2, 0.25) is 0 Å². The summed E-state index contributed by atoms with van der Waals surface area (Å²) >= 11 is 0. The van der Waals surface area contributed by atoms with Crippen LogP contribution in [0.15, 0.2) is 40.5 Å². The van der Waals surface area contributed by atoms with E-state index in [1.807, 2.05) is 25.1 Å². The van der Waals surface area contributed by atoms with Gasteiger partial charge in [0.2, 0.25) is 0 Å². The first-order chi connectivity index (χ1) is 7.77. The molecule has 0 saturated carbocycles. The van der Waals surface area contributed by atoms with Crippen molar-refractivity contribution in [2.75, 3.05) is 0 Å². The molecule has 1 aromatic rings. The first-order valence-corrected chi connectivity index (χ1v) is 5.93. The lowest BCUT2D eigenvalue weighted by atomic mass is 10.1. The van der Waals surface area contributed by atoms with E-state index in [1.165, 1.54) is 5.56 Å². The molecule has 1 aromatic carbocycles.